The van der Waals surface area contributed by atoms with Gasteiger partial charge in [-0.15, -0.1) is 0 Å². The van der Waals surface area contributed by atoms with E-state index in [9.17, 15) is 29.7 Å². The van der Waals surface area contributed by atoms with Crippen LogP contribution in [-0.4, -0.2) is 133 Å². The van der Waals surface area contributed by atoms with Crippen LogP contribution in [0.5, 0.6) is 0 Å². The number of aliphatic hydroxyl groups excluding tert-OH is 2. The van der Waals surface area contributed by atoms with Crippen LogP contribution in [0.15, 0.2) is 36.5 Å². The van der Waals surface area contributed by atoms with Gasteiger partial charge in [0, 0.05) is 66.6 Å². The predicted molar refractivity (Wildman–Crippen MR) is 313 cm³/mol. The number of unbranched alkanes of at least 4 members (excludes halogenated alkanes) is 3. The van der Waals surface area contributed by atoms with E-state index in [1.54, 1.807) is 50.9 Å². The molecule has 7 N–H and O–H groups in total. The average molecular weight is 1310 g/mol. The van der Waals surface area contributed by atoms with Crippen LogP contribution in [0.2, 0.25) is 0 Å². The summed E-state index contributed by atoms with van der Waals surface area (Å²) in [6.45, 7) is 37.1. The van der Waals surface area contributed by atoms with Gasteiger partial charge in [-0.05, 0) is 115 Å². The van der Waals surface area contributed by atoms with Gasteiger partial charge in [0.15, 0.2) is 0 Å². The molecule has 1 radical (unpaired) electrons. The van der Waals surface area contributed by atoms with Crippen LogP contribution in [0, 0.1) is 21.7 Å². The number of halogens is 1. The van der Waals surface area contributed by atoms with Crippen LogP contribution in [0.4, 0.5) is 4.79 Å². The molecule has 0 spiro atoms. The summed E-state index contributed by atoms with van der Waals surface area (Å²) < 4.78 is 24.4. The third-order valence-electron chi connectivity index (χ3n) is 12.3. The number of nitrogens with one attached hydrogen (secondary N) is 1. The molecular formula is C54H104INO19S2V. The van der Waals surface area contributed by atoms with Crippen molar-refractivity contribution in [2.24, 2.45) is 21.7 Å². The summed E-state index contributed by atoms with van der Waals surface area (Å²) in [5, 5.41) is 54.7. The van der Waals surface area contributed by atoms with Crippen molar-refractivity contribution in [3.8, 4) is 0 Å². The van der Waals surface area contributed by atoms with Gasteiger partial charge in [0.2, 0.25) is 0 Å². The van der Waals surface area contributed by atoms with E-state index in [0.29, 0.717) is 31.3 Å². The van der Waals surface area contributed by atoms with Crippen LogP contribution in [-0.2, 0) is 96.9 Å². The fourth-order valence-corrected chi connectivity index (χ4v) is 7.49. The van der Waals surface area contributed by atoms with Crippen molar-refractivity contribution in [1.82, 2.24) is 5.32 Å². The Morgan fingerprint density at radius 3 is 1.22 bits per heavy atom. The van der Waals surface area contributed by atoms with E-state index in [1.165, 1.54) is 6.92 Å². The fraction of sp³-hybridized carbons (Fsp3) is 0.815. The van der Waals surface area contributed by atoms with Crippen molar-refractivity contribution < 1.29 is 111 Å². The number of amides is 1. The first-order valence-electron chi connectivity index (χ1n) is 26.2. The first-order chi connectivity index (χ1) is 36.0. The number of hydrogen-bond acceptors (Lipinski definition) is 21. The van der Waals surface area contributed by atoms with Crippen LogP contribution in [0.25, 0.3) is 0 Å². The van der Waals surface area contributed by atoms with Crippen molar-refractivity contribution in [2.45, 2.75) is 211 Å². The van der Waals surface area contributed by atoms with Crippen molar-refractivity contribution in [3.05, 3.63) is 36.5 Å². The monoisotopic (exact) mass is 1310 g/mol. The molecule has 1 amide bonds. The fourth-order valence-electron chi connectivity index (χ4n) is 7.49. The van der Waals surface area contributed by atoms with Gasteiger partial charge in [0.1, 0.15) is 61.6 Å². The predicted octanol–water partition coefficient (Wildman–Crippen LogP) is 12.0. The van der Waals surface area contributed by atoms with Gasteiger partial charge in [-0.1, -0.05) is 107 Å². The molecule has 78 heavy (non-hydrogen) atoms. The molecule has 24 heteroatoms. The summed E-state index contributed by atoms with van der Waals surface area (Å²) in [7, 11) is 1.61. The minimum Gasteiger partial charge on any atom is -0.463 e. The van der Waals surface area contributed by atoms with Gasteiger partial charge in [0.05, 0.1) is 36.2 Å². The van der Waals surface area contributed by atoms with Gasteiger partial charge in [-0.2, -0.15) is 0 Å². The number of hydrogen-bond donors (Lipinski definition) is 7. The van der Waals surface area contributed by atoms with Crippen LogP contribution < -0.4 is 5.32 Å². The molecule has 0 aliphatic rings. The first kappa shape index (κ1) is 90.0. The molecule has 0 rings (SSSR count). The Morgan fingerprint density at radius 1 is 0.564 bits per heavy atom. The van der Waals surface area contributed by atoms with Gasteiger partial charge in [-0.25, -0.2) is 29.1 Å². The molecule has 0 saturated heterocycles. The van der Waals surface area contributed by atoms with Crippen molar-refractivity contribution in [1.29, 1.82) is 0 Å². The zero-order chi connectivity index (χ0) is 61.3. The van der Waals surface area contributed by atoms with Crippen LogP contribution in [0.3, 0.4) is 0 Å². The maximum Gasteiger partial charge on any atom is 0.407 e. The molecule has 0 aliphatic carbocycles. The number of esters is 3. The Balaban J connectivity index is -0.000000186. The zero-order valence-corrected chi connectivity index (χ0v) is 55.1. The summed E-state index contributed by atoms with van der Waals surface area (Å²) in [5.41, 5.74) is -0.354. The molecule has 0 aromatic carbocycles. The van der Waals surface area contributed by atoms with Crippen molar-refractivity contribution >= 4 is 69.4 Å². The van der Waals surface area contributed by atoms with Crippen molar-refractivity contribution in [2.75, 3.05) is 53.3 Å². The summed E-state index contributed by atoms with van der Waals surface area (Å²) >= 11 is 9.12. The van der Waals surface area contributed by atoms with Gasteiger partial charge >= 0.3 is 24.0 Å². The average Bonchev–Trinajstić information content (AvgIpc) is 3.38. The Hall–Kier alpha value is -1.79. The zero-order valence-electron chi connectivity index (χ0n) is 49.9. The smallest absolute Gasteiger partial charge is 0.407 e. The third-order valence-corrected chi connectivity index (χ3v) is 12.3. The molecule has 463 valence electrons. The van der Waals surface area contributed by atoms with Crippen molar-refractivity contribution in [3.63, 3.8) is 0 Å². The largest absolute Gasteiger partial charge is 0.463 e. The quantitative estimate of drug-likeness (QED) is 0.00448. The molecule has 0 aliphatic heterocycles. The van der Waals surface area contributed by atoms with E-state index in [2.05, 4.69) is 81.0 Å². The number of aliphatic hydroxyl groups is 2. The topological polar surface area (TPSA) is 285 Å². The Kier molecular flexibility index (Phi) is 64.3. The molecule has 6 unspecified atom stereocenters. The minimum absolute atomic E-state index is 0. The molecule has 0 bridgehead atoms. The molecule has 0 heterocycles. The molecule has 0 fully saturated rings. The normalized spacial score (nSPS) is 13.7. The Bertz CT molecular complexity index is 1550. The maximum absolute atomic E-state index is 12.6. The molecule has 20 nitrogen and oxygen atoms in total. The summed E-state index contributed by atoms with van der Waals surface area (Å²) in [6.07, 6.45) is 9.38. The third kappa shape index (κ3) is 45.8. The molecular weight excluding hydrogens is 1210 g/mol. The maximum atomic E-state index is 12.6. The number of carbonyl (C=O) groups excluding carboxylic acids is 4. The Morgan fingerprint density at radius 2 is 0.923 bits per heavy atom. The number of alkyl carbamates (subject to hydrolysis) is 1. The summed E-state index contributed by atoms with van der Waals surface area (Å²) in [6, 6.07) is 0. The molecule has 0 aromatic heterocycles. The second-order valence-corrected chi connectivity index (χ2v) is 21.2. The van der Waals surface area contributed by atoms with Gasteiger partial charge < -0.3 is 37.5 Å². The van der Waals surface area contributed by atoms with Gasteiger partial charge in [-0.3, -0.25) is 30.6 Å². The minimum atomic E-state index is -0.816. The van der Waals surface area contributed by atoms with Crippen LogP contribution >= 0.6 is 23.0 Å². The Labute approximate surface area is 504 Å². The van der Waals surface area contributed by atoms with E-state index in [4.69, 9.17) is 49.5 Å². The van der Waals surface area contributed by atoms with E-state index in [1.807, 2.05) is 48.5 Å². The van der Waals surface area contributed by atoms with E-state index in [-0.39, 0.29) is 100 Å². The van der Waals surface area contributed by atoms with E-state index >= 15 is 0 Å². The SMILES string of the molecule is C=C(C)C(=O)OCCNC(=O)OCCOC(=O)C(C)(C)CC(C)(CC)C(CCCC)OO.C=C(C)C(CCCC)OO.C=C(C)C(CCO)OO.CCCCC(OO)C(C)(CC)CC(C)(C)C(=O)OCCO.COI.S=S.[V]. The molecule has 0 aromatic rings. The second-order valence-electron chi connectivity index (χ2n) is 20.3. The first-order valence-corrected chi connectivity index (χ1v) is 28.4. The summed E-state index contributed by atoms with van der Waals surface area (Å²) in [4.78, 5) is 65.3. The van der Waals surface area contributed by atoms with E-state index < -0.39 is 40.4 Å². The molecule has 6 atom stereocenters. The van der Waals surface area contributed by atoms with Crippen LogP contribution in [0.1, 0.15) is 187 Å². The van der Waals surface area contributed by atoms with Gasteiger partial charge in [0.25, 0.3) is 0 Å². The number of rotatable bonds is 36. The second kappa shape index (κ2) is 55.7. The number of carbonyl (C=O) groups is 4. The standard InChI is InChI=1S/C23H41NO8.C16H32O5.C8H16O2.C6H12O3.CH3IO.S2.V/c1-8-10-11-18(32-28)23(7,9-2)16-22(5,6)20(26)30-14-15-31-21(27)24-12-13-29-19(25)17(3)4;1-6-8-9-13(21-19)16(5,7-2)12-15(3,4)14(18)20-11-10-17;1-4-5-6-8(10-9)7(2)3;1-5(2)6(9-8)3-4-7;1-3-2;1-2;/h18,28H,3,8-16H2,1-2,4-7H3,(H,24,27);13,17,19H,6-12H2,1-5H3;8-9H,2,4-6H2,1,3H3;6-8H,1,3-4H2,2H3;1H3;;. The summed E-state index contributed by atoms with van der Waals surface area (Å²) in [5.74, 6) is -1.28. The molecule has 0 saturated carbocycles. The van der Waals surface area contributed by atoms with E-state index in [0.717, 1.165) is 69.8 Å². The number of ether oxygens (including phenoxy) is 4.